The van der Waals surface area contributed by atoms with Gasteiger partial charge in [0.15, 0.2) is 0 Å². The summed E-state index contributed by atoms with van der Waals surface area (Å²) >= 11 is 0. The molecule has 0 spiro atoms. The first-order valence-corrected chi connectivity index (χ1v) is 5.61. The summed E-state index contributed by atoms with van der Waals surface area (Å²) in [7, 11) is 1.82. The van der Waals surface area contributed by atoms with Crippen molar-refractivity contribution in [3.63, 3.8) is 0 Å². The molecule has 5 heteroatoms. The molecule has 5 nitrogen and oxygen atoms in total. The average molecular weight is 237 g/mol. The van der Waals surface area contributed by atoms with Crippen molar-refractivity contribution in [1.82, 2.24) is 15.1 Å². The Morgan fingerprint density at radius 3 is 2.82 bits per heavy atom. The molecule has 0 aromatic carbocycles. The molecule has 1 aromatic heterocycles. The van der Waals surface area contributed by atoms with Gasteiger partial charge in [-0.15, -0.1) is 0 Å². The first-order valence-electron chi connectivity index (χ1n) is 5.61. The summed E-state index contributed by atoms with van der Waals surface area (Å²) in [5.74, 6) is -0.00246. The molecule has 0 aliphatic rings. The van der Waals surface area contributed by atoms with Gasteiger partial charge in [0, 0.05) is 24.9 Å². The molecule has 0 unspecified atom stereocenters. The van der Waals surface area contributed by atoms with Gasteiger partial charge in [0.1, 0.15) is 0 Å². The van der Waals surface area contributed by atoms with Gasteiger partial charge in [0.2, 0.25) is 5.91 Å². The van der Waals surface area contributed by atoms with Crippen molar-refractivity contribution in [3.05, 3.63) is 24.0 Å². The van der Waals surface area contributed by atoms with Gasteiger partial charge in [-0.3, -0.25) is 9.48 Å². The van der Waals surface area contributed by atoms with Crippen LogP contribution in [-0.4, -0.2) is 33.4 Å². The van der Waals surface area contributed by atoms with Crippen LogP contribution in [0, 0.1) is 5.92 Å². The van der Waals surface area contributed by atoms with E-state index in [0.717, 1.165) is 5.56 Å². The number of aromatic nitrogens is 2. The van der Waals surface area contributed by atoms with Gasteiger partial charge in [-0.2, -0.15) is 5.10 Å². The Balaban J connectivity index is 2.52. The minimum absolute atomic E-state index is 0.0514. The number of hydrogen-bond donors (Lipinski definition) is 2. The zero-order chi connectivity index (χ0) is 12.8. The fourth-order valence-corrected chi connectivity index (χ4v) is 1.35. The lowest BCUT2D eigenvalue weighted by molar-refractivity contribution is -0.117. The molecule has 1 atom stereocenters. The first-order chi connectivity index (χ1) is 8.02. The third kappa shape index (κ3) is 4.40. The van der Waals surface area contributed by atoms with Crippen LogP contribution in [0.3, 0.4) is 0 Å². The molecule has 1 aromatic rings. The van der Waals surface area contributed by atoms with Crippen LogP contribution in [0.5, 0.6) is 0 Å². The van der Waals surface area contributed by atoms with E-state index in [-0.39, 0.29) is 24.5 Å². The fraction of sp³-hybridized carbons (Fsp3) is 0.500. The Labute approximate surface area is 101 Å². The topological polar surface area (TPSA) is 67.2 Å². The van der Waals surface area contributed by atoms with E-state index in [1.165, 1.54) is 6.08 Å². The molecule has 17 heavy (non-hydrogen) atoms. The van der Waals surface area contributed by atoms with Gasteiger partial charge >= 0.3 is 0 Å². The molecule has 1 rings (SSSR count). The Morgan fingerprint density at radius 2 is 2.35 bits per heavy atom. The minimum atomic E-state index is -0.207. The molecule has 0 aliphatic heterocycles. The van der Waals surface area contributed by atoms with E-state index in [9.17, 15) is 4.79 Å². The maximum atomic E-state index is 11.6. The minimum Gasteiger partial charge on any atom is -0.394 e. The third-order valence-corrected chi connectivity index (χ3v) is 2.48. The molecule has 1 heterocycles. The number of aryl methyl sites for hydroxylation is 1. The molecule has 1 amide bonds. The van der Waals surface area contributed by atoms with Crippen molar-refractivity contribution in [3.8, 4) is 0 Å². The van der Waals surface area contributed by atoms with E-state index in [2.05, 4.69) is 10.4 Å². The maximum absolute atomic E-state index is 11.6. The van der Waals surface area contributed by atoms with Crippen LogP contribution in [0.4, 0.5) is 0 Å². The highest BCUT2D eigenvalue weighted by molar-refractivity contribution is 5.91. The highest BCUT2D eigenvalue weighted by atomic mass is 16.3. The van der Waals surface area contributed by atoms with E-state index in [4.69, 9.17) is 5.11 Å². The van der Waals surface area contributed by atoms with Crippen LogP contribution in [0.1, 0.15) is 19.4 Å². The van der Waals surface area contributed by atoms with Crippen LogP contribution in [0.15, 0.2) is 18.5 Å². The van der Waals surface area contributed by atoms with Gasteiger partial charge in [-0.05, 0) is 12.0 Å². The molecule has 0 saturated carbocycles. The second-order valence-corrected chi connectivity index (χ2v) is 4.32. The molecule has 0 fully saturated rings. The number of carbonyl (C=O) groups excluding carboxylic acids is 1. The summed E-state index contributed by atoms with van der Waals surface area (Å²) in [4.78, 5) is 11.6. The summed E-state index contributed by atoms with van der Waals surface area (Å²) in [6, 6.07) is -0.207. The van der Waals surface area contributed by atoms with E-state index < -0.39 is 0 Å². The lowest BCUT2D eigenvalue weighted by atomic mass is 10.1. The summed E-state index contributed by atoms with van der Waals surface area (Å²) < 4.78 is 1.67. The van der Waals surface area contributed by atoms with E-state index in [0.29, 0.717) is 0 Å². The largest absolute Gasteiger partial charge is 0.394 e. The molecule has 94 valence electrons. The van der Waals surface area contributed by atoms with Crippen molar-refractivity contribution in [2.45, 2.75) is 19.9 Å². The highest BCUT2D eigenvalue weighted by Crippen LogP contribution is 2.02. The molecular formula is C12H19N3O2. The molecule has 0 saturated heterocycles. The smallest absolute Gasteiger partial charge is 0.244 e. The fourth-order valence-electron chi connectivity index (χ4n) is 1.35. The van der Waals surface area contributed by atoms with Gasteiger partial charge in [0.25, 0.3) is 0 Å². The van der Waals surface area contributed by atoms with Crippen LogP contribution < -0.4 is 5.32 Å². The summed E-state index contributed by atoms with van der Waals surface area (Å²) in [6.07, 6.45) is 6.63. The number of nitrogens with one attached hydrogen (secondary N) is 1. The Bertz CT molecular complexity index is 396. The second-order valence-electron chi connectivity index (χ2n) is 4.32. The van der Waals surface area contributed by atoms with Gasteiger partial charge < -0.3 is 10.4 Å². The third-order valence-electron chi connectivity index (χ3n) is 2.48. The molecule has 0 bridgehead atoms. The van der Waals surface area contributed by atoms with Crippen LogP contribution in [-0.2, 0) is 11.8 Å². The predicted octanol–water partition coefficient (Wildman–Crippen LogP) is 0.566. The van der Waals surface area contributed by atoms with E-state index in [1.807, 2.05) is 27.1 Å². The van der Waals surface area contributed by atoms with Gasteiger partial charge in [-0.1, -0.05) is 13.8 Å². The zero-order valence-corrected chi connectivity index (χ0v) is 10.4. The Hall–Kier alpha value is -1.62. The number of hydrogen-bond acceptors (Lipinski definition) is 3. The quantitative estimate of drug-likeness (QED) is 0.736. The molecule has 0 radical (unpaired) electrons. The Kier molecular flexibility index (Phi) is 4.90. The van der Waals surface area contributed by atoms with E-state index in [1.54, 1.807) is 17.0 Å². The van der Waals surface area contributed by atoms with Crippen LogP contribution >= 0.6 is 0 Å². The number of aliphatic hydroxyl groups excluding tert-OH is 1. The highest BCUT2D eigenvalue weighted by Gasteiger charge is 2.13. The number of aliphatic hydroxyl groups is 1. The lowest BCUT2D eigenvalue weighted by Gasteiger charge is -2.18. The number of carbonyl (C=O) groups is 1. The van der Waals surface area contributed by atoms with Crippen molar-refractivity contribution < 1.29 is 9.90 Å². The van der Waals surface area contributed by atoms with Crippen molar-refractivity contribution in [1.29, 1.82) is 0 Å². The van der Waals surface area contributed by atoms with Crippen LogP contribution in [0.25, 0.3) is 6.08 Å². The monoisotopic (exact) mass is 237 g/mol. The number of nitrogens with zero attached hydrogens (tertiary/aromatic N) is 2. The summed E-state index contributed by atoms with van der Waals surface area (Å²) in [5.41, 5.74) is 0.868. The molecule has 0 aliphatic carbocycles. The normalized spacial score (nSPS) is 13.2. The van der Waals surface area contributed by atoms with Gasteiger partial charge in [0.05, 0.1) is 18.8 Å². The predicted molar refractivity (Wildman–Crippen MR) is 66.1 cm³/mol. The second kappa shape index (κ2) is 6.20. The Morgan fingerprint density at radius 1 is 1.65 bits per heavy atom. The van der Waals surface area contributed by atoms with Gasteiger partial charge in [-0.25, -0.2) is 0 Å². The molecular weight excluding hydrogens is 218 g/mol. The van der Waals surface area contributed by atoms with Crippen LogP contribution in [0.2, 0.25) is 0 Å². The summed E-state index contributed by atoms with van der Waals surface area (Å²) in [5, 5.41) is 15.8. The number of rotatable bonds is 5. The SMILES string of the molecule is CC(C)[C@@H](CO)NC(=O)C=Cc1cnn(C)c1. The summed E-state index contributed by atoms with van der Waals surface area (Å²) in [6.45, 7) is 3.85. The maximum Gasteiger partial charge on any atom is 0.244 e. The molecule has 2 N–H and O–H groups in total. The lowest BCUT2D eigenvalue weighted by Crippen LogP contribution is -2.40. The van der Waals surface area contributed by atoms with Crippen molar-refractivity contribution in [2.24, 2.45) is 13.0 Å². The van der Waals surface area contributed by atoms with Crippen molar-refractivity contribution >= 4 is 12.0 Å². The standard InChI is InChI=1S/C12H19N3O2/c1-9(2)11(8-16)14-12(17)5-4-10-6-13-15(3)7-10/h4-7,9,11,16H,8H2,1-3H3,(H,14,17)/t11-/m1/s1. The zero-order valence-electron chi connectivity index (χ0n) is 10.4. The van der Waals surface area contributed by atoms with E-state index >= 15 is 0 Å². The average Bonchev–Trinajstić information content (AvgIpc) is 2.68. The van der Waals surface area contributed by atoms with Crippen molar-refractivity contribution in [2.75, 3.05) is 6.61 Å². The number of amides is 1. The first kappa shape index (κ1) is 13.4.